The van der Waals surface area contributed by atoms with Crippen LogP contribution in [0.25, 0.3) is 0 Å². The fourth-order valence-electron chi connectivity index (χ4n) is 1.91. The van der Waals surface area contributed by atoms with E-state index in [-0.39, 0.29) is 0 Å². The third-order valence-corrected chi connectivity index (χ3v) is 2.67. The molecule has 1 saturated heterocycles. The molecule has 90 valence electrons. The molecule has 1 aliphatic rings. The molecular formula is C11H19N3O2. The first-order valence-corrected chi connectivity index (χ1v) is 5.93. The summed E-state index contributed by atoms with van der Waals surface area (Å²) < 4.78 is 10.7. The summed E-state index contributed by atoms with van der Waals surface area (Å²) in [4.78, 5) is 6.65. The Bertz CT molecular complexity index is 327. The molecule has 0 aromatic carbocycles. The van der Waals surface area contributed by atoms with Crippen molar-refractivity contribution in [2.24, 2.45) is 0 Å². The van der Waals surface area contributed by atoms with Crippen molar-refractivity contribution >= 4 is 0 Å². The van der Waals surface area contributed by atoms with Gasteiger partial charge in [-0.15, -0.1) is 0 Å². The SMILES string of the molecule is CCCc1noc(CN2CCO[C@H](C)C2)n1. The molecule has 1 aromatic heterocycles. The molecule has 1 aromatic rings. The number of morpholine rings is 1. The van der Waals surface area contributed by atoms with Crippen LogP contribution in [0.5, 0.6) is 0 Å². The maximum atomic E-state index is 5.48. The standard InChI is InChI=1S/C11H19N3O2/c1-3-4-10-12-11(16-13-10)8-14-5-6-15-9(2)7-14/h9H,3-8H2,1-2H3/t9-/m1/s1. The van der Waals surface area contributed by atoms with Gasteiger partial charge in [0.2, 0.25) is 5.89 Å². The zero-order chi connectivity index (χ0) is 11.4. The number of hydrogen-bond donors (Lipinski definition) is 0. The van der Waals surface area contributed by atoms with Crippen molar-refractivity contribution in [3.63, 3.8) is 0 Å². The Balaban J connectivity index is 1.87. The third kappa shape index (κ3) is 3.02. The fourth-order valence-corrected chi connectivity index (χ4v) is 1.91. The smallest absolute Gasteiger partial charge is 0.240 e. The largest absolute Gasteiger partial charge is 0.376 e. The molecule has 1 aliphatic heterocycles. The molecule has 5 nitrogen and oxygen atoms in total. The van der Waals surface area contributed by atoms with E-state index in [1.807, 2.05) is 0 Å². The number of ether oxygens (including phenoxy) is 1. The normalized spacial score (nSPS) is 22.5. The highest BCUT2D eigenvalue weighted by Gasteiger charge is 2.18. The molecule has 0 amide bonds. The van der Waals surface area contributed by atoms with E-state index < -0.39 is 0 Å². The van der Waals surface area contributed by atoms with E-state index in [0.29, 0.717) is 6.10 Å². The fraction of sp³-hybridized carbons (Fsp3) is 0.818. The Morgan fingerprint density at radius 1 is 1.50 bits per heavy atom. The molecule has 0 aliphatic carbocycles. The van der Waals surface area contributed by atoms with Crippen LogP contribution in [0.3, 0.4) is 0 Å². The predicted octanol–water partition coefficient (Wildman–Crippen LogP) is 1.24. The van der Waals surface area contributed by atoms with Gasteiger partial charge in [0.05, 0.1) is 19.3 Å². The lowest BCUT2D eigenvalue weighted by molar-refractivity contribution is -0.0240. The van der Waals surface area contributed by atoms with Gasteiger partial charge in [0.1, 0.15) is 0 Å². The molecule has 0 bridgehead atoms. The van der Waals surface area contributed by atoms with Gasteiger partial charge in [-0.05, 0) is 13.3 Å². The van der Waals surface area contributed by atoms with Crippen LogP contribution in [0.2, 0.25) is 0 Å². The van der Waals surface area contributed by atoms with Crippen molar-refractivity contribution < 1.29 is 9.26 Å². The number of aromatic nitrogens is 2. The van der Waals surface area contributed by atoms with Crippen LogP contribution in [0.4, 0.5) is 0 Å². The van der Waals surface area contributed by atoms with Gasteiger partial charge >= 0.3 is 0 Å². The summed E-state index contributed by atoms with van der Waals surface area (Å²) in [6, 6.07) is 0. The van der Waals surface area contributed by atoms with Crippen molar-refractivity contribution in [1.82, 2.24) is 15.0 Å². The van der Waals surface area contributed by atoms with Gasteiger partial charge in [0.25, 0.3) is 0 Å². The summed E-state index contributed by atoms with van der Waals surface area (Å²) in [5.41, 5.74) is 0. The predicted molar refractivity (Wildman–Crippen MR) is 59.0 cm³/mol. The topological polar surface area (TPSA) is 51.4 Å². The second kappa shape index (κ2) is 5.41. The maximum absolute atomic E-state index is 5.48. The highest BCUT2D eigenvalue weighted by molar-refractivity contribution is 4.87. The molecule has 2 heterocycles. The molecule has 5 heteroatoms. The van der Waals surface area contributed by atoms with Crippen LogP contribution in [-0.2, 0) is 17.7 Å². The lowest BCUT2D eigenvalue weighted by Crippen LogP contribution is -2.40. The van der Waals surface area contributed by atoms with Crippen molar-refractivity contribution in [3.8, 4) is 0 Å². The maximum Gasteiger partial charge on any atom is 0.240 e. The van der Waals surface area contributed by atoms with Gasteiger partial charge in [-0.25, -0.2) is 0 Å². The molecule has 2 rings (SSSR count). The molecule has 0 spiro atoms. The van der Waals surface area contributed by atoms with E-state index in [4.69, 9.17) is 9.26 Å². The average molecular weight is 225 g/mol. The van der Waals surface area contributed by atoms with E-state index >= 15 is 0 Å². The highest BCUT2D eigenvalue weighted by atomic mass is 16.5. The molecule has 0 unspecified atom stereocenters. The van der Waals surface area contributed by atoms with Crippen LogP contribution in [0.1, 0.15) is 32.0 Å². The van der Waals surface area contributed by atoms with Crippen LogP contribution >= 0.6 is 0 Å². The van der Waals surface area contributed by atoms with Crippen LogP contribution in [0.15, 0.2) is 4.52 Å². The van der Waals surface area contributed by atoms with Crippen LogP contribution < -0.4 is 0 Å². The minimum atomic E-state index is 0.298. The molecule has 0 saturated carbocycles. The average Bonchev–Trinajstić information content (AvgIpc) is 2.66. The number of nitrogens with zero attached hydrogens (tertiary/aromatic N) is 3. The second-order valence-electron chi connectivity index (χ2n) is 4.27. The summed E-state index contributed by atoms with van der Waals surface area (Å²) in [5.74, 6) is 1.54. The molecular weight excluding hydrogens is 206 g/mol. The number of rotatable bonds is 4. The number of aryl methyl sites for hydroxylation is 1. The minimum Gasteiger partial charge on any atom is -0.376 e. The summed E-state index contributed by atoms with van der Waals surface area (Å²) in [6.07, 6.45) is 2.24. The van der Waals surface area contributed by atoms with Gasteiger partial charge < -0.3 is 9.26 Å². The summed E-state index contributed by atoms with van der Waals surface area (Å²) in [5, 5.41) is 3.95. The summed E-state index contributed by atoms with van der Waals surface area (Å²) in [7, 11) is 0. The van der Waals surface area contributed by atoms with Crippen molar-refractivity contribution in [1.29, 1.82) is 0 Å². The first kappa shape index (κ1) is 11.5. The van der Waals surface area contributed by atoms with Gasteiger partial charge in [-0.1, -0.05) is 12.1 Å². The van der Waals surface area contributed by atoms with E-state index in [0.717, 1.165) is 50.8 Å². The monoisotopic (exact) mass is 225 g/mol. The first-order valence-electron chi connectivity index (χ1n) is 5.93. The first-order chi connectivity index (χ1) is 7.78. The van der Waals surface area contributed by atoms with E-state index in [1.165, 1.54) is 0 Å². The van der Waals surface area contributed by atoms with Crippen molar-refractivity contribution in [2.45, 2.75) is 39.3 Å². The van der Waals surface area contributed by atoms with E-state index in [9.17, 15) is 0 Å². The molecule has 16 heavy (non-hydrogen) atoms. The van der Waals surface area contributed by atoms with E-state index in [2.05, 4.69) is 28.9 Å². The van der Waals surface area contributed by atoms with Crippen molar-refractivity contribution in [3.05, 3.63) is 11.7 Å². The Labute approximate surface area is 95.8 Å². The Morgan fingerprint density at radius 2 is 2.38 bits per heavy atom. The summed E-state index contributed by atoms with van der Waals surface area (Å²) >= 11 is 0. The third-order valence-electron chi connectivity index (χ3n) is 2.67. The van der Waals surface area contributed by atoms with Crippen molar-refractivity contribution in [2.75, 3.05) is 19.7 Å². The Hall–Kier alpha value is -0.940. The number of hydrogen-bond acceptors (Lipinski definition) is 5. The van der Waals surface area contributed by atoms with Crippen LogP contribution in [-0.4, -0.2) is 40.8 Å². The second-order valence-corrected chi connectivity index (χ2v) is 4.27. The molecule has 0 radical (unpaired) electrons. The molecule has 1 fully saturated rings. The van der Waals surface area contributed by atoms with Gasteiger partial charge in [0.15, 0.2) is 5.82 Å². The van der Waals surface area contributed by atoms with Gasteiger partial charge in [0, 0.05) is 19.5 Å². The molecule has 1 atom stereocenters. The van der Waals surface area contributed by atoms with E-state index in [1.54, 1.807) is 0 Å². The summed E-state index contributed by atoms with van der Waals surface area (Å²) in [6.45, 7) is 7.60. The lowest BCUT2D eigenvalue weighted by Gasteiger charge is -2.29. The Morgan fingerprint density at radius 3 is 3.12 bits per heavy atom. The highest BCUT2D eigenvalue weighted by Crippen LogP contribution is 2.09. The van der Waals surface area contributed by atoms with Gasteiger partial charge in [-0.2, -0.15) is 4.98 Å². The molecule has 0 N–H and O–H groups in total. The van der Waals surface area contributed by atoms with Crippen LogP contribution in [0, 0.1) is 0 Å². The quantitative estimate of drug-likeness (QED) is 0.771. The van der Waals surface area contributed by atoms with Gasteiger partial charge in [-0.3, -0.25) is 4.90 Å². The Kier molecular flexibility index (Phi) is 3.90. The minimum absolute atomic E-state index is 0.298. The lowest BCUT2D eigenvalue weighted by atomic mass is 10.3. The zero-order valence-electron chi connectivity index (χ0n) is 9.98. The zero-order valence-corrected chi connectivity index (χ0v) is 9.98.